The third-order valence-electron chi connectivity index (χ3n) is 4.38. The molecule has 2 unspecified atom stereocenters. The summed E-state index contributed by atoms with van der Waals surface area (Å²) >= 11 is 1.11. The molecule has 0 amide bonds. The highest BCUT2D eigenvalue weighted by Crippen LogP contribution is 2.58. The van der Waals surface area contributed by atoms with Crippen LogP contribution in [-0.4, -0.2) is 41.0 Å². The molecule has 27 heavy (non-hydrogen) atoms. The Morgan fingerprint density at radius 3 is 2.74 bits per heavy atom. The van der Waals surface area contributed by atoms with Gasteiger partial charge in [0.25, 0.3) is 0 Å². The molecule has 2 aromatic rings. The first-order valence-corrected chi connectivity index (χ1v) is 10.8. The highest BCUT2D eigenvalue weighted by Gasteiger charge is 2.46. The summed E-state index contributed by atoms with van der Waals surface area (Å²) in [4.78, 5) is 16.3. The number of carbonyl (C=O) groups excluding carboxylic acids is 1. The monoisotopic (exact) mass is 414 g/mol. The van der Waals surface area contributed by atoms with Crippen molar-refractivity contribution in [3.05, 3.63) is 17.7 Å². The van der Waals surface area contributed by atoms with E-state index in [4.69, 9.17) is 24.0 Å². The number of nitrogens with zero attached hydrogens (tertiary/aromatic N) is 1. The molecule has 0 spiro atoms. The van der Waals surface area contributed by atoms with E-state index in [0.717, 1.165) is 11.3 Å². The van der Waals surface area contributed by atoms with Gasteiger partial charge in [0.05, 0.1) is 35.2 Å². The van der Waals surface area contributed by atoms with Crippen LogP contribution in [0.25, 0.3) is 10.2 Å². The van der Waals surface area contributed by atoms with Crippen molar-refractivity contribution < 1.29 is 32.8 Å². The van der Waals surface area contributed by atoms with Crippen LogP contribution in [0, 0.1) is 0 Å². The van der Waals surface area contributed by atoms with Crippen molar-refractivity contribution in [1.82, 2.24) is 4.98 Å². The molecule has 146 valence electrons. The third kappa shape index (κ3) is 3.68. The Kier molecular flexibility index (Phi) is 4.85. The molecule has 0 radical (unpaired) electrons. The van der Waals surface area contributed by atoms with Gasteiger partial charge in [-0.05, 0) is 19.1 Å². The number of hydrogen-bond donors (Lipinski definition) is 2. The molecule has 2 aliphatic rings. The minimum Gasteiger partial charge on any atom is -0.462 e. The topological polar surface area (TPSA) is 130 Å². The number of nitrogens with two attached hydrogens (primary N) is 1. The summed E-state index contributed by atoms with van der Waals surface area (Å²) < 4.78 is 35.1. The summed E-state index contributed by atoms with van der Waals surface area (Å²) in [5, 5.41) is 10.0. The fourth-order valence-corrected chi connectivity index (χ4v) is 5.81. The molecule has 1 saturated carbocycles. The van der Waals surface area contributed by atoms with E-state index in [2.05, 4.69) is 4.98 Å². The lowest BCUT2D eigenvalue weighted by molar-refractivity contribution is -0.0646. The summed E-state index contributed by atoms with van der Waals surface area (Å²) in [6.45, 7) is 1.95. The van der Waals surface area contributed by atoms with Crippen molar-refractivity contribution in [2.45, 2.75) is 44.5 Å². The van der Waals surface area contributed by atoms with E-state index in [1.807, 2.05) is 0 Å². The lowest BCUT2D eigenvalue weighted by Crippen LogP contribution is -2.39. The number of anilines is 1. The van der Waals surface area contributed by atoms with E-state index >= 15 is 0 Å². The molecule has 1 aromatic carbocycles. The van der Waals surface area contributed by atoms with Gasteiger partial charge >= 0.3 is 13.8 Å². The molecule has 1 aliphatic carbocycles. The molecular weight excluding hydrogens is 395 g/mol. The van der Waals surface area contributed by atoms with Gasteiger partial charge in [-0.3, -0.25) is 9.05 Å². The maximum Gasteiger partial charge on any atom is 0.530 e. The molecule has 11 heteroatoms. The van der Waals surface area contributed by atoms with Crippen molar-refractivity contribution in [2.24, 2.45) is 0 Å². The largest absolute Gasteiger partial charge is 0.530 e. The minimum absolute atomic E-state index is 0.148. The predicted molar refractivity (Wildman–Crippen MR) is 97.8 cm³/mol. The van der Waals surface area contributed by atoms with E-state index in [0.29, 0.717) is 35.0 Å². The number of thiazole rings is 1. The van der Waals surface area contributed by atoms with Crippen LogP contribution in [0.2, 0.25) is 0 Å². The Bertz CT molecular complexity index is 911. The Morgan fingerprint density at radius 1 is 1.37 bits per heavy atom. The first kappa shape index (κ1) is 18.6. The predicted octanol–water partition coefficient (Wildman–Crippen LogP) is 2.87. The maximum atomic E-state index is 13.0. The molecule has 9 nitrogen and oxygen atoms in total. The Hall–Kier alpha value is -1.71. The van der Waals surface area contributed by atoms with Gasteiger partial charge in [0.1, 0.15) is 5.52 Å². The molecular formula is C16H19N2O7PS. The number of ether oxygens (including phenoxy) is 1. The molecule has 1 saturated heterocycles. The van der Waals surface area contributed by atoms with Gasteiger partial charge in [-0.15, -0.1) is 0 Å². The fourth-order valence-electron chi connectivity index (χ4n) is 3.36. The number of aliphatic hydroxyl groups is 1. The SMILES string of the molecule is CCOC(=O)c1ccc(OP2(=O)OC3CC(O)CC(C3)O2)c2nc(N)sc12. The summed E-state index contributed by atoms with van der Waals surface area (Å²) in [6, 6.07) is 2.98. The normalized spacial score (nSPS) is 30.2. The summed E-state index contributed by atoms with van der Waals surface area (Å²) in [5.41, 5.74) is 6.39. The number of esters is 1. The summed E-state index contributed by atoms with van der Waals surface area (Å²) in [7, 11) is -3.89. The smallest absolute Gasteiger partial charge is 0.462 e. The zero-order chi connectivity index (χ0) is 19.2. The van der Waals surface area contributed by atoms with Crippen LogP contribution >= 0.6 is 19.2 Å². The van der Waals surface area contributed by atoms with E-state index in [-0.39, 0.29) is 17.5 Å². The maximum absolute atomic E-state index is 13.0. The lowest BCUT2D eigenvalue weighted by atomic mass is 9.93. The van der Waals surface area contributed by atoms with Crippen LogP contribution in [0.3, 0.4) is 0 Å². The van der Waals surface area contributed by atoms with Gasteiger partial charge in [-0.2, -0.15) is 0 Å². The van der Waals surface area contributed by atoms with Crippen LogP contribution in [0.1, 0.15) is 36.5 Å². The van der Waals surface area contributed by atoms with E-state index < -0.39 is 32.1 Å². The number of aromatic nitrogens is 1. The lowest BCUT2D eigenvalue weighted by Gasteiger charge is -2.39. The van der Waals surface area contributed by atoms with Crippen LogP contribution < -0.4 is 10.3 Å². The molecule has 1 aliphatic heterocycles. The van der Waals surface area contributed by atoms with Crippen molar-refractivity contribution in [1.29, 1.82) is 0 Å². The number of fused-ring (bicyclic) bond motifs is 3. The van der Waals surface area contributed by atoms with E-state index in [1.165, 1.54) is 12.1 Å². The fraction of sp³-hybridized carbons (Fsp3) is 0.500. The quantitative estimate of drug-likeness (QED) is 0.573. The highest BCUT2D eigenvalue weighted by molar-refractivity contribution is 7.49. The van der Waals surface area contributed by atoms with Gasteiger partial charge in [-0.1, -0.05) is 11.3 Å². The van der Waals surface area contributed by atoms with Gasteiger partial charge in [-0.25, -0.2) is 14.3 Å². The molecule has 2 heterocycles. The Morgan fingerprint density at radius 2 is 2.07 bits per heavy atom. The Labute approximate surface area is 159 Å². The second-order valence-corrected chi connectivity index (χ2v) is 8.95. The summed E-state index contributed by atoms with van der Waals surface area (Å²) in [5.74, 6) is -0.354. The van der Waals surface area contributed by atoms with Crippen LogP contribution in [0.15, 0.2) is 12.1 Å². The molecule has 2 bridgehead atoms. The zero-order valence-electron chi connectivity index (χ0n) is 14.5. The van der Waals surface area contributed by atoms with Crippen molar-refractivity contribution in [3.63, 3.8) is 0 Å². The average Bonchev–Trinajstić information content (AvgIpc) is 2.95. The van der Waals surface area contributed by atoms with E-state index in [1.54, 1.807) is 6.92 Å². The molecule has 2 atom stereocenters. The second-order valence-electron chi connectivity index (χ2n) is 6.42. The molecule has 1 aromatic heterocycles. The summed E-state index contributed by atoms with van der Waals surface area (Å²) in [6.07, 6.45) is -0.00870. The molecule has 3 N–H and O–H groups in total. The van der Waals surface area contributed by atoms with Gasteiger partial charge in [0.2, 0.25) is 0 Å². The van der Waals surface area contributed by atoms with Gasteiger partial charge < -0.3 is 20.1 Å². The molecule has 2 fully saturated rings. The second kappa shape index (κ2) is 7.03. The van der Waals surface area contributed by atoms with Crippen LogP contribution in [-0.2, 0) is 18.3 Å². The van der Waals surface area contributed by atoms with Crippen molar-refractivity contribution in [2.75, 3.05) is 12.3 Å². The number of nitrogen functional groups attached to an aromatic ring is 1. The van der Waals surface area contributed by atoms with E-state index in [9.17, 15) is 14.5 Å². The van der Waals surface area contributed by atoms with Gasteiger partial charge in [0, 0.05) is 19.3 Å². The molecule has 4 rings (SSSR count). The first-order chi connectivity index (χ1) is 12.9. The standard InChI is InChI=1S/C16H19N2O7PS/c1-2-22-15(20)11-3-4-12(13-14(11)27-16(17)18-13)25-26(21)23-9-5-8(19)6-10(7-9)24-26/h3-4,8-10,19H,2,5-7H2,1H3,(H2,17,18). The van der Waals surface area contributed by atoms with Crippen molar-refractivity contribution in [3.8, 4) is 5.75 Å². The number of rotatable bonds is 4. The number of aliphatic hydroxyl groups excluding tert-OH is 1. The van der Waals surface area contributed by atoms with Crippen LogP contribution in [0.5, 0.6) is 5.75 Å². The zero-order valence-corrected chi connectivity index (χ0v) is 16.2. The first-order valence-electron chi connectivity index (χ1n) is 8.57. The third-order valence-corrected chi connectivity index (χ3v) is 6.83. The average molecular weight is 414 g/mol. The number of hydrogen-bond acceptors (Lipinski definition) is 10. The Balaban J connectivity index is 1.66. The number of phosphoric acid groups is 1. The number of benzene rings is 1. The number of carbonyl (C=O) groups is 1. The van der Waals surface area contributed by atoms with Gasteiger partial charge in [0.15, 0.2) is 10.9 Å². The highest BCUT2D eigenvalue weighted by atomic mass is 32.1. The van der Waals surface area contributed by atoms with Crippen LogP contribution in [0.4, 0.5) is 5.13 Å². The minimum atomic E-state index is -3.89. The van der Waals surface area contributed by atoms with Crippen molar-refractivity contribution >= 4 is 40.5 Å². The number of phosphoric ester groups is 1.